The van der Waals surface area contributed by atoms with Crippen LogP contribution < -0.4 is 5.73 Å². The molecule has 0 radical (unpaired) electrons. The van der Waals surface area contributed by atoms with Gasteiger partial charge in [-0.05, 0) is 6.42 Å². The average molecular weight is 165 g/mol. The van der Waals surface area contributed by atoms with Gasteiger partial charge in [0.25, 0.3) is 0 Å². The minimum absolute atomic E-state index is 0.405. The van der Waals surface area contributed by atoms with Gasteiger partial charge in [-0.3, -0.25) is 5.73 Å². The molecule has 0 aliphatic heterocycles. The van der Waals surface area contributed by atoms with Crippen LogP contribution in [0.3, 0.4) is 0 Å². The first-order valence-corrected chi connectivity index (χ1v) is 3.37. The van der Waals surface area contributed by atoms with E-state index in [2.05, 4.69) is 12.6 Å². The predicted molar refractivity (Wildman–Crippen MR) is 39.8 cm³/mol. The molecule has 4 N–H and O–H groups in total. The van der Waals surface area contributed by atoms with Crippen molar-refractivity contribution in [3.63, 3.8) is 0 Å². The van der Waals surface area contributed by atoms with Crippen molar-refractivity contribution in [2.45, 2.75) is 24.3 Å². The van der Waals surface area contributed by atoms with Crippen LogP contribution in [0.1, 0.15) is 13.3 Å². The lowest BCUT2D eigenvalue weighted by atomic mass is 10.1. The van der Waals surface area contributed by atoms with E-state index in [1.807, 2.05) is 0 Å². The lowest BCUT2D eigenvalue weighted by molar-refractivity contribution is -0.157. The second kappa shape index (κ2) is 3.23. The van der Waals surface area contributed by atoms with Gasteiger partial charge in [0.2, 0.25) is 5.72 Å². The maximum atomic E-state index is 10.2. The van der Waals surface area contributed by atoms with Crippen LogP contribution in [-0.2, 0) is 4.79 Å². The molecule has 0 bridgehead atoms. The largest absolute Gasteiger partial charge is 0.478 e. The van der Waals surface area contributed by atoms with Gasteiger partial charge in [0.1, 0.15) is 0 Å². The molecule has 0 aromatic heterocycles. The lowest BCUT2D eigenvalue weighted by Crippen LogP contribution is -2.55. The standard InChI is InChI=1S/C5H11NO3S/c1-2-3(10)5(6,9)4(7)8/h3,9-10H,2,6H2,1H3,(H,7,8). The Morgan fingerprint density at radius 2 is 2.30 bits per heavy atom. The third kappa shape index (κ3) is 1.86. The quantitative estimate of drug-likeness (QED) is 0.333. The maximum Gasteiger partial charge on any atom is 0.352 e. The van der Waals surface area contributed by atoms with Crippen molar-refractivity contribution in [2.24, 2.45) is 5.73 Å². The molecule has 4 nitrogen and oxygen atoms in total. The Kier molecular flexibility index (Phi) is 3.14. The van der Waals surface area contributed by atoms with Gasteiger partial charge in [0.15, 0.2) is 0 Å². The fraction of sp³-hybridized carbons (Fsp3) is 0.800. The SMILES string of the molecule is CCC(S)C(N)(O)C(=O)O. The van der Waals surface area contributed by atoms with Crippen LogP contribution in [0.5, 0.6) is 0 Å². The molecule has 0 spiro atoms. The van der Waals surface area contributed by atoms with Crippen LogP contribution in [0.2, 0.25) is 0 Å². The maximum absolute atomic E-state index is 10.2. The summed E-state index contributed by atoms with van der Waals surface area (Å²) < 4.78 is 0. The minimum atomic E-state index is -2.21. The highest BCUT2D eigenvalue weighted by Crippen LogP contribution is 2.13. The number of thiol groups is 1. The third-order valence-corrected chi connectivity index (χ3v) is 2.00. The Morgan fingerprint density at radius 1 is 1.90 bits per heavy atom. The van der Waals surface area contributed by atoms with Gasteiger partial charge in [-0.15, -0.1) is 0 Å². The summed E-state index contributed by atoms with van der Waals surface area (Å²) in [5, 5.41) is 16.5. The molecular formula is C5H11NO3S. The first kappa shape index (κ1) is 9.74. The average Bonchev–Trinajstić information content (AvgIpc) is 1.86. The lowest BCUT2D eigenvalue weighted by Gasteiger charge is -2.22. The highest BCUT2D eigenvalue weighted by Gasteiger charge is 2.37. The molecule has 60 valence electrons. The van der Waals surface area contributed by atoms with Crippen molar-refractivity contribution < 1.29 is 15.0 Å². The van der Waals surface area contributed by atoms with E-state index in [9.17, 15) is 4.79 Å². The van der Waals surface area contributed by atoms with Gasteiger partial charge in [0, 0.05) is 0 Å². The van der Waals surface area contributed by atoms with E-state index in [0.717, 1.165) is 0 Å². The van der Waals surface area contributed by atoms with E-state index in [1.165, 1.54) is 0 Å². The number of aliphatic carboxylic acids is 1. The Hall–Kier alpha value is -0.260. The summed E-state index contributed by atoms with van der Waals surface area (Å²) in [4.78, 5) is 10.2. The van der Waals surface area contributed by atoms with Gasteiger partial charge >= 0.3 is 5.97 Å². The van der Waals surface area contributed by atoms with Crippen LogP contribution in [0.15, 0.2) is 0 Å². The second-order valence-corrected chi connectivity index (χ2v) is 2.68. The third-order valence-electron chi connectivity index (χ3n) is 1.24. The van der Waals surface area contributed by atoms with Crippen molar-refractivity contribution in [1.82, 2.24) is 0 Å². The van der Waals surface area contributed by atoms with Crippen LogP contribution >= 0.6 is 12.6 Å². The molecule has 0 amide bonds. The van der Waals surface area contributed by atoms with E-state index in [1.54, 1.807) is 6.92 Å². The van der Waals surface area contributed by atoms with E-state index in [-0.39, 0.29) is 0 Å². The number of rotatable bonds is 3. The zero-order valence-corrected chi connectivity index (χ0v) is 6.51. The molecule has 0 fully saturated rings. The van der Waals surface area contributed by atoms with Crippen molar-refractivity contribution in [2.75, 3.05) is 0 Å². The Bertz CT molecular complexity index is 137. The normalized spacial score (nSPS) is 19.6. The number of aliphatic hydroxyl groups is 1. The molecule has 2 atom stereocenters. The van der Waals surface area contributed by atoms with Crippen LogP contribution in [0.4, 0.5) is 0 Å². The fourth-order valence-corrected chi connectivity index (χ4v) is 0.564. The number of carboxylic acids is 1. The summed E-state index contributed by atoms with van der Waals surface area (Å²) in [6.45, 7) is 1.69. The van der Waals surface area contributed by atoms with Gasteiger partial charge in [-0.1, -0.05) is 6.92 Å². The van der Waals surface area contributed by atoms with E-state index >= 15 is 0 Å². The van der Waals surface area contributed by atoms with Gasteiger partial charge in [-0.2, -0.15) is 12.6 Å². The summed E-state index contributed by atoms with van der Waals surface area (Å²) in [5.74, 6) is -1.45. The fourth-order valence-electron chi connectivity index (χ4n) is 0.454. The van der Waals surface area contributed by atoms with E-state index < -0.39 is 16.9 Å². The molecule has 0 aromatic carbocycles. The van der Waals surface area contributed by atoms with Crippen molar-refractivity contribution in [3.8, 4) is 0 Å². The zero-order valence-electron chi connectivity index (χ0n) is 5.61. The monoisotopic (exact) mass is 165 g/mol. The molecule has 0 saturated carbocycles. The molecule has 0 saturated heterocycles. The predicted octanol–water partition coefficient (Wildman–Crippen LogP) is -0.573. The van der Waals surface area contributed by atoms with Gasteiger partial charge in [-0.25, -0.2) is 4.79 Å². The van der Waals surface area contributed by atoms with Crippen LogP contribution in [-0.4, -0.2) is 27.2 Å². The molecular weight excluding hydrogens is 154 g/mol. The van der Waals surface area contributed by atoms with Gasteiger partial charge < -0.3 is 10.2 Å². The van der Waals surface area contributed by atoms with Crippen molar-refractivity contribution >= 4 is 18.6 Å². The highest BCUT2D eigenvalue weighted by molar-refractivity contribution is 7.81. The number of carboxylic acid groups (broad SMARTS) is 1. The topological polar surface area (TPSA) is 83.5 Å². The Balaban J connectivity index is 4.23. The van der Waals surface area contributed by atoms with Gasteiger partial charge in [0.05, 0.1) is 5.25 Å². The summed E-state index contributed by atoms with van der Waals surface area (Å²) >= 11 is 3.79. The van der Waals surface area contributed by atoms with E-state index in [0.29, 0.717) is 6.42 Å². The summed E-state index contributed by atoms with van der Waals surface area (Å²) in [7, 11) is 0. The molecule has 10 heavy (non-hydrogen) atoms. The summed E-state index contributed by atoms with van der Waals surface area (Å²) in [6, 6.07) is 0. The smallest absolute Gasteiger partial charge is 0.352 e. The molecule has 5 heteroatoms. The van der Waals surface area contributed by atoms with Crippen LogP contribution in [0, 0.1) is 0 Å². The van der Waals surface area contributed by atoms with Crippen LogP contribution in [0.25, 0.3) is 0 Å². The minimum Gasteiger partial charge on any atom is -0.478 e. The van der Waals surface area contributed by atoms with Crippen molar-refractivity contribution in [3.05, 3.63) is 0 Å². The molecule has 0 aromatic rings. The number of carbonyl (C=O) groups is 1. The number of nitrogens with two attached hydrogens (primary N) is 1. The number of hydrogen-bond acceptors (Lipinski definition) is 4. The summed E-state index contributed by atoms with van der Waals surface area (Å²) in [5.41, 5.74) is 2.78. The van der Waals surface area contributed by atoms with E-state index in [4.69, 9.17) is 15.9 Å². The zero-order chi connectivity index (χ0) is 8.36. The van der Waals surface area contributed by atoms with Crippen molar-refractivity contribution in [1.29, 1.82) is 0 Å². The molecule has 2 unspecified atom stereocenters. The first-order valence-electron chi connectivity index (χ1n) is 2.85. The first-order chi connectivity index (χ1) is 4.42. The molecule has 0 heterocycles. The number of hydrogen-bond donors (Lipinski definition) is 4. The molecule has 0 aliphatic rings. The molecule has 0 rings (SSSR count). The molecule has 0 aliphatic carbocycles. The summed E-state index contributed by atoms with van der Waals surface area (Å²) in [6.07, 6.45) is 0.405. The second-order valence-electron chi connectivity index (χ2n) is 2.05. The Labute approximate surface area is 64.4 Å². The highest BCUT2D eigenvalue weighted by atomic mass is 32.1. The Morgan fingerprint density at radius 3 is 2.40 bits per heavy atom.